The van der Waals surface area contributed by atoms with Crippen molar-refractivity contribution in [1.82, 2.24) is 9.80 Å². The van der Waals surface area contributed by atoms with E-state index in [9.17, 15) is 4.79 Å². The molecule has 2 aromatic rings. The van der Waals surface area contributed by atoms with Gasteiger partial charge in [0.2, 0.25) is 5.91 Å². The van der Waals surface area contributed by atoms with E-state index in [0.717, 1.165) is 51.2 Å². The molecule has 0 N–H and O–H groups in total. The predicted molar refractivity (Wildman–Crippen MR) is 114 cm³/mol. The number of ether oxygens (including phenoxy) is 1. The van der Waals surface area contributed by atoms with Crippen LogP contribution < -0.4 is 4.74 Å². The molecule has 0 saturated carbocycles. The first-order valence-corrected chi connectivity index (χ1v) is 10.4. The highest BCUT2D eigenvalue weighted by molar-refractivity contribution is 5.76. The number of carbonyl (C=O) groups excluding carboxylic acids is 1. The maximum Gasteiger partial charge on any atom is 0.222 e. The summed E-state index contributed by atoms with van der Waals surface area (Å²) in [4.78, 5) is 17.4. The SMILES string of the molecule is CCC(c1ccccc1)N1CCCN(C(=O)CCc2ccc(OC)cc2)CC1. The lowest BCUT2D eigenvalue weighted by atomic mass is 10.0. The molecule has 0 spiro atoms. The van der Waals surface area contributed by atoms with Crippen molar-refractivity contribution in [3.05, 3.63) is 65.7 Å². The van der Waals surface area contributed by atoms with Crippen molar-refractivity contribution in [2.24, 2.45) is 0 Å². The van der Waals surface area contributed by atoms with E-state index in [2.05, 4.69) is 47.1 Å². The number of benzene rings is 2. The third-order valence-electron chi connectivity index (χ3n) is 5.68. The lowest BCUT2D eigenvalue weighted by Crippen LogP contribution is -2.36. The van der Waals surface area contributed by atoms with Crippen molar-refractivity contribution in [3.63, 3.8) is 0 Å². The number of carbonyl (C=O) groups is 1. The topological polar surface area (TPSA) is 32.8 Å². The van der Waals surface area contributed by atoms with Crippen LogP contribution in [-0.2, 0) is 11.2 Å². The largest absolute Gasteiger partial charge is 0.497 e. The highest BCUT2D eigenvalue weighted by Crippen LogP contribution is 2.25. The van der Waals surface area contributed by atoms with Gasteiger partial charge in [0.1, 0.15) is 5.75 Å². The van der Waals surface area contributed by atoms with E-state index in [1.165, 1.54) is 11.1 Å². The monoisotopic (exact) mass is 380 g/mol. The van der Waals surface area contributed by atoms with Gasteiger partial charge in [0, 0.05) is 38.6 Å². The van der Waals surface area contributed by atoms with Crippen LogP contribution in [0.5, 0.6) is 5.75 Å². The molecule has 0 radical (unpaired) electrons. The highest BCUT2D eigenvalue weighted by atomic mass is 16.5. The molecule has 4 heteroatoms. The van der Waals surface area contributed by atoms with Gasteiger partial charge in [0.25, 0.3) is 0 Å². The third-order valence-corrected chi connectivity index (χ3v) is 5.68. The summed E-state index contributed by atoms with van der Waals surface area (Å²) in [6.07, 6.45) is 3.49. The Hall–Kier alpha value is -2.33. The first-order chi connectivity index (χ1) is 13.7. The summed E-state index contributed by atoms with van der Waals surface area (Å²) in [5.41, 5.74) is 2.56. The van der Waals surface area contributed by atoms with Crippen LogP contribution >= 0.6 is 0 Å². The van der Waals surface area contributed by atoms with E-state index in [1.54, 1.807) is 7.11 Å². The van der Waals surface area contributed by atoms with Gasteiger partial charge >= 0.3 is 0 Å². The minimum atomic E-state index is 0.269. The van der Waals surface area contributed by atoms with Crippen LogP contribution in [-0.4, -0.2) is 49.0 Å². The Labute approximate surface area is 169 Å². The Morgan fingerprint density at radius 1 is 1.00 bits per heavy atom. The molecule has 0 aliphatic carbocycles. The van der Waals surface area contributed by atoms with E-state index < -0.39 is 0 Å². The smallest absolute Gasteiger partial charge is 0.222 e. The predicted octanol–water partition coefficient (Wildman–Crippen LogP) is 4.31. The second kappa shape index (κ2) is 10.3. The summed E-state index contributed by atoms with van der Waals surface area (Å²) in [6, 6.07) is 19.2. The average molecular weight is 381 g/mol. The zero-order chi connectivity index (χ0) is 19.8. The van der Waals surface area contributed by atoms with Crippen molar-refractivity contribution in [2.75, 3.05) is 33.3 Å². The van der Waals surface area contributed by atoms with Gasteiger partial charge in [-0.05, 0) is 42.5 Å². The summed E-state index contributed by atoms with van der Waals surface area (Å²) in [5.74, 6) is 1.12. The van der Waals surface area contributed by atoms with Gasteiger partial charge < -0.3 is 9.64 Å². The van der Waals surface area contributed by atoms with Crippen LogP contribution in [0, 0.1) is 0 Å². The Morgan fingerprint density at radius 2 is 1.75 bits per heavy atom. The lowest BCUT2D eigenvalue weighted by molar-refractivity contribution is -0.131. The molecule has 1 aliphatic heterocycles. The molecule has 2 aromatic carbocycles. The molecule has 150 valence electrons. The molecule has 0 bridgehead atoms. The number of hydrogen-bond acceptors (Lipinski definition) is 3. The fourth-order valence-corrected chi connectivity index (χ4v) is 4.08. The van der Waals surface area contributed by atoms with Crippen molar-refractivity contribution < 1.29 is 9.53 Å². The minimum Gasteiger partial charge on any atom is -0.497 e. The molecule has 1 heterocycles. The Kier molecular flexibility index (Phi) is 7.49. The van der Waals surface area contributed by atoms with Gasteiger partial charge in [-0.15, -0.1) is 0 Å². The number of rotatable bonds is 7. The molecule has 0 aromatic heterocycles. The minimum absolute atomic E-state index is 0.269. The summed E-state index contributed by atoms with van der Waals surface area (Å²) in [6.45, 7) is 5.94. The zero-order valence-electron chi connectivity index (χ0n) is 17.1. The van der Waals surface area contributed by atoms with E-state index >= 15 is 0 Å². The molecule has 1 atom stereocenters. The average Bonchev–Trinajstić information content (AvgIpc) is 3.00. The van der Waals surface area contributed by atoms with Crippen molar-refractivity contribution >= 4 is 5.91 Å². The van der Waals surface area contributed by atoms with Crippen LogP contribution in [0.2, 0.25) is 0 Å². The normalized spacial score (nSPS) is 16.4. The van der Waals surface area contributed by atoms with Gasteiger partial charge in [0.15, 0.2) is 0 Å². The van der Waals surface area contributed by atoms with Gasteiger partial charge in [-0.1, -0.05) is 49.4 Å². The fourth-order valence-electron chi connectivity index (χ4n) is 4.08. The zero-order valence-corrected chi connectivity index (χ0v) is 17.1. The summed E-state index contributed by atoms with van der Waals surface area (Å²) >= 11 is 0. The number of hydrogen-bond donors (Lipinski definition) is 0. The standard InChI is InChI=1S/C24H32N2O2/c1-3-23(21-8-5-4-6-9-21)25-16-7-17-26(19-18-25)24(27)15-12-20-10-13-22(28-2)14-11-20/h4-6,8-11,13-14,23H,3,7,12,15-19H2,1-2H3. The van der Waals surface area contributed by atoms with Crippen LogP contribution in [0.1, 0.15) is 43.4 Å². The fraction of sp³-hybridized carbons (Fsp3) is 0.458. The molecule has 1 fully saturated rings. The van der Waals surface area contributed by atoms with Gasteiger partial charge in [0.05, 0.1) is 7.11 Å². The lowest BCUT2D eigenvalue weighted by Gasteiger charge is -2.30. The molecule has 3 rings (SSSR count). The molecule has 4 nitrogen and oxygen atoms in total. The number of methoxy groups -OCH3 is 1. The molecular formula is C24H32N2O2. The molecule has 1 aliphatic rings. The Balaban J connectivity index is 1.53. The summed E-state index contributed by atoms with van der Waals surface area (Å²) < 4.78 is 5.19. The summed E-state index contributed by atoms with van der Waals surface area (Å²) in [5, 5.41) is 0. The first kappa shape index (κ1) is 20.4. The second-order valence-corrected chi connectivity index (χ2v) is 7.45. The molecular weight excluding hydrogens is 348 g/mol. The van der Waals surface area contributed by atoms with E-state index in [-0.39, 0.29) is 5.91 Å². The van der Waals surface area contributed by atoms with Crippen molar-refractivity contribution in [3.8, 4) is 5.75 Å². The Bertz CT molecular complexity index is 730. The van der Waals surface area contributed by atoms with Crippen molar-refractivity contribution in [1.29, 1.82) is 0 Å². The molecule has 1 amide bonds. The number of amides is 1. The van der Waals surface area contributed by atoms with Crippen LogP contribution in [0.15, 0.2) is 54.6 Å². The molecule has 28 heavy (non-hydrogen) atoms. The Morgan fingerprint density at radius 3 is 2.43 bits per heavy atom. The van der Waals surface area contributed by atoms with Gasteiger partial charge in [-0.2, -0.15) is 0 Å². The van der Waals surface area contributed by atoms with Crippen LogP contribution in [0.25, 0.3) is 0 Å². The highest BCUT2D eigenvalue weighted by Gasteiger charge is 2.24. The first-order valence-electron chi connectivity index (χ1n) is 10.4. The quantitative estimate of drug-likeness (QED) is 0.717. The van der Waals surface area contributed by atoms with Crippen molar-refractivity contribution in [2.45, 2.75) is 38.6 Å². The van der Waals surface area contributed by atoms with Crippen LogP contribution in [0.3, 0.4) is 0 Å². The molecule has 1 unspecified atom stereocenters. The van der Waals surface area contributed by atoms with Crippen LogP contribution in [0.4, 0.5) is 0 Å². The summed E-state index contributed by atoms with van der Waals surface area (Å²) in [7, 11) is 1.67. The number of nitrogens with zero attached hydrogens (tertiary/aromatic N) is 2. The van der Waals surface area contributed by atoms with Gasteiger partial charge in [-0.25, -0.2) is 0 Å². The maximum atomic E-state index is 12.7. The second-order valence-electron chi connectivity index (χ2n) is 7.45. The third kappa shape index (κ3) is 5.35. The van der Waals surface area contributed by atoms with E-state index in [4.69, 9.17) is 4.74 Å². The van der Waals surface area contributed by atoms with E-state index in [0.29, 0.717) is 12.5 Å². The number of aryl methyl sites for hydroxylation is 1. The van der Waals surface area contributed by atoms with Gasteiger partial charge in [-0.3, -0.25) is 9.69 Å². The maximum absolute atomic E-state index is 12.7. The van der Waals surface area contributed by atoms with E-state index in [1.807, 2.05) is 24.3 Å². The molecule has 1 saturated heterocycles.